The van der Waals surface area contributed by atoms with E-state index in [0.29, 0.717) is 0 Å². The summed E-state index contributed by atoms with van der Waals surface area (Å²) >= 11 is 0. The zero-order valence-corrected chi connectivity index (χ0v) is 15.6. The van der Waals surface area contributed by atoms with E-state index in [0.717, 1.165) is 35.5 Å². The highest BCUT2D eigenvalue weighted by molar-refractivity contribution is 5.74. The molecule has 0 saturated heterocycles. The number of rotatable bonds is 0. The number of para-hydroxylation sites is 2. The number of nitrogens with zero attached hydrogens (tertiary/aromatic N) is 3. The van der Waals surface area contributed by atoms with Gasteiger partial charge >= 0.3 is 0 Å². The first-order chi connectivity index (χ1) is 10.5. The molecule has 1 aliphatic rings. The van der Waals surface area contributed by atoms with E-state index in [1.54, 1.807) is 0 Å². The van der Waals surface area contributed by atoms with E-state index >= 15 is 0 Å². The van der Waals surface area contributed by atoms with Crippen molar-refractivity contribution >= 4 is 11.0 Å². The van der Waals surface area contributed by atoms with Crippen LogP contribution in [0.5, 0.6) is 0 Å². The lowest BCUT2D eigenvalue weighted by Crippen LogP contribution is -2.49. The van der Waals surface area contributed by atoms with Crippen LogP contribution in [-0.4, -0.2) is 33.5 Å². The third kappa shape index (κ3) is 2.87. The van der Waals surface area contributed by atoms with Gasteiger partial charge in [-0.15, -0.1) is 0 Å². The molecule has 0 radical (unpaired) electrons. The van der Waals surface area contributed by atoms with Gasteiger partial charge in [0.15, 0.2) is 0 Å². The Hall–Kier alpha value is -1.48. The lowest BCUT2D eigenvalue weighted by molar-refractivity contribution is 0.0940. The smallest absolute Gasteiger partial charge is 0.0890 e. The summed E-state index contributed by atoms with van der Waals surface area (Å²) in [7, 11) is 0. The van der Waals surface area contributed by atoms with Gasteiger partial charge in [0, 0.05) is 29.5 Å². The van der Waals surface area contributed by atoms with E-state index in [1.807, 2.05) is 12.1 Å². The van der Waals surface area contributed by atoms with E-state index in [4.69, 9.17) is 9.97 Å². The minimum atomic E-state index is -0.0204. The number of benzene rings is 1. The summed E-state index contributed by atoms with van der Waals surface area (Å²) in [6.45, 7) is 18.1. The summed E-state index contributed by atoms with van der Waals surface area (Å²) in [5, 5.41) is 0. The monoisotopic (exact) mass is 311 g/mol. The quantitative estimate of drug-likeness (QED) is 0.726. The molecule has 0 atom stereocenters. The number of fused-ring (bicyclic) bond motifs is 2. The molecule has 2 heterocycles. The highest BCUT2D eigenvalue weighted by Gasteiger charge is 2.43. The fraction of sp³-hybridized carbons (Fsp3) is 0.600. The first kappa shape index (κ1) is 16.4. The molecule has 0 amide bonds. The third-order valence-corrected chi connectivity index (χ3v) is 4.97. The van der Waals surface area contributed by atoms with Crippen molar-refractivity contribution in [1.29, 1.82) is 0 Å². The zero-order chi connectivity index (χ0) is 17.0. The van der Waals surface area contributed by atoms with Crippen LogP contribution < -0.4 is 0 Å². The second-order valence-electron chi connectivity index (χ2n) is 9.20. The van der Waals surface area contributed by atoms with Gasteiger partial charge in [0.2, 0.25) is 0 Å². The van der Waals surface area contributed by atoms with Crippen molar-refractivity contribution in [2.24, 2.45) is 0 Å². The van der Waals surface area contributed by atoms with Gasteiger partial charge in [-0.2, -0.15) is 0 Å². The molecule has 1 aliphatic heterocycles. The van der Waals surface area contributed by atoms with Crippen LogP contribution in [-0.2, 0) is 10.8 Å². The maximum atomic E-state index is 5.05. The second-order valence-corrected chi connectivity index (χ2v) is 9.20. The Morgan fingerprint density at radius 2 is 1.22 bits per heavy atom. The maximum Gasteiger partial charge on any atom is 0.0890 e. The predicted octanol–water partition coefficient (Wildman–Crippen LogP) is 4.30. The molecule has 124 valence electrons. The SMILES string of the molecule is CC1(C)CN(C(C)(C)C)CC(C)(C)c2nc3ccccc3nc21. The predicted molar refractivity (Wildman–Crippen MR) is 96.9 cm³/mol. The molecule has 3 nitrogen and oxygen atoms in total. The van der Waals surface area contributed by atoms with E-state index in [-0.39, 0.29) is 16.4 Å². The van der Waals surface area contributed by atoms with Crippen LogP contribution in [0.2, 0.25) is 0 Å². The molecular weight excluding hydrogens is 282 g/mol. The van der Waals surface area contributed by atoms with Crippen molar-refractivity contribution in [3.05, 3.63) is 35.7 Å². The molecular formula is C20H29N3. The minimum Gasteiger partial charge on any atom is -0.297 e. The standard InChI is InChI=1S/C20H29N3/c1-18(2,3)23-12-19(4,5)16-17(20(6,7)13-23)22-15-11-9-8-10-14(15)21-16/h8-11H,12-13H2,1-7H3. The van der Waals surface area contributed by atoms with E-state index in [9.17, 15) is 0 Å². The molecule has 0 unspecified atom stereocenters. The summed E-state index contributed by atoms with van der Waals surface area (Å²) < 4.78 is 0. The summed E-state index contributed by atoms with van der Waals surface area (Å²) in [5.74, 6) is 0. The van der Waals surface area contributed by atoms with E-state index in [2.05, 4.69) is 65.5 Å². The molecule has 0 fully saturated rings. The van der Waals surface area contributed by atoms with Crippen LogP contribution in [0.25, 0.3) is 11.0 Å². The number of aromatic nitrogens is 2. The molecule has 0 saturated carbocycles. The second kappa shape index (κ2) is 5.01. The highest BCUT2D eigenvalue weighted by Crippen LogP contribution is 2.39. The first-order valence-corrected chi connectivity index (χ1v) is 8.53. The average Bonchev–Trinajstić information content (AvgIpc) is 2.50. The molecule has 23 heavy (non-hydrogen) atoms. The van der Waals surface area contributed by atoms with Crippen molar-refractivity contribution < 1.29 is 0 Å². The van der Waals surface area contributed by atoms with Gasteiger partial charge in [0.1, 0.15) is 0 Å². The third-order valence-electron chi connectivity index (χ3n) is 4.97. The zero-order valence-electron chi connectivity index (χ0n) is 15.6. The van der Waals surface area contributed by atoms with Gasteiger partial charge in [0.05, 0.1) is 22.4 Å². The molecule has 0 bridgehead atoms. The summed E-state index contributed by atoms with van der Waals surface area (Å²) in [5.41, 5.74) is 4.41. The lowest BCUT2D eigenvalue weighted by atomic mass is 9.81. The molecule has 3 heteroatoms. The molecule has 1 aromatic heterocycles. The van der Waals surface area contributed by atoms with Gasteiger partial charge in [-0.3, -0.25) is 4.90 Å². The van der Waals surface area contributed by atoms with Crippen molar-refractivity contribution in [1.82, 2.24) is 14.9 Å². The maximum absolute atomic E-state index is 5.05. The summed E-state index contributed by atoms with van der Waals surface area (Å²) in [4.78, 5) is 12.7. The fourth-order valence-corrected chi connectivity index (χ4v) is 3.58. The normalized spacial score (nSPS) is 21.0. The minimum absolute atomic E-state index is 0.0204. The highest BCUT2D eigenvalue weighted by atomic mass is 15.2. The molecule has 3 rings (SSSR count). The van der Waals surface area contributed by atoms with Gasteiger partial charge in [-0.1, -0.05) is 39.8 Å². The molecule has 0 spiro atoms. The van der Waals surface area contributed by atoms with Crippen molar-refractivity contribution in [2.45, 2.75) is 64.8 Å². The topological polar surface area (TPSA) is 29.0 Å². The Balaban J connectivity index is 2.25. The van der Waals surface area contributed by atoms with E-state index < -0.39 is 0 Å². The van der Waals surface area contributed by atoms with Crippen LogP contribution in [0.3, 0.4) is 0 Å². The number of hydrogen-bond donors (Lipinski definition) is 0. The van der Waals surface area contributed by atoms with Gasteiger partial charge in [0.25, 0.3) is 0 Å². The first-order valence-electron chi connectivity index (χ1n) is 8.53. The Morgan fingerprint density at radius 3 is 1.57 bits per heavy atom. The molecule has 0 aliphatic carbocycles. The Kier molecular flexibility index (Phi) is 3.57. The molecule has 2 aromatic rings. The Morgan fingerprint density at radius 1 is 0.826 bits per heavy atom. The van der Waals surface area contributed by atoms with Crippen molar-refractivity contribution in [2.75, 3.05) is 13.1 Å². The van der Waals surface area contributed by atoms with Crippen LogP contribution >= 0.6 is 0 Å². The van der Waals surface area contributed by atoms with E-state index in [1.165, 1.54) is 0 Å². The Bertz CT molecular complexity index is 682. The Labute approximate surface area is 140 Å². The van der Waals surface area contributed by atoms with Crippen LogP contribution in [0.15, 0.2) is 24.3 Å². The summed E-state index contributed by atoms with van der Waals surface area (Å²) in [6, 6.07) is 8.22. The molecule has 1 aromatic carbocycles. The average molecular weight is 311 g/mol. The van der Waals surface area contributed by atoms with Gasteiger partial charge in [-0.25, -0.2) is 9.97 Å². The lowest BCUT2D eigenvalue weighted by Gasteiger charge is -2.41. The summed E-state index contributed by atoms with van der Waals surface area (Å²) in [6.07, 6.45) is 0. The van der Waals surface area contributed by atoms with Crippen LogP contribution in [0.1, 0.15) is 59.9 Å². The van der Waals surface area contributed by atoms with Gasteiger partial charge < -0.3 is 0 Å². The van der Waals surface area contributed by atoms with Crippen molar-refractivity contribution in [3.8, 4) is 0 Å². The van der Waals surface area contributed by atoms with Crippen LogP contribution in [0, 0.1) is 0 Å². The van der Waals surface area contributed by atoms with Crippen molar-refractivity contribution in [3.63, 3.8) is 0 Å². The van der Waals surface area contributed by atoms with Gasteiger partial charge in [-0.05, 0) is 32.9 Å². The largest absolute Gasteiger partial charge is 0.297 e. The van der Waals surface area contributed by atoms with Crippen LogP contribution in [0.4, 0.5) is 0 Å². The number of hydrogen-bond acceptors (Lipinski definition) is 3. The molecule has 0 N–H and O–H groups in total. The fourth-order valence-electron chi connectivity index (χ4n) is 3.58.